The molecule has 0 saturated carbocycles. The lowest BCUT2D eigenvalue weighted by Crippen LogP contribution is -2.17. The average molecular weight is 253 g/mol. The Morgan fingerprint density at radius 3 is 2.71 bits per heavy atom. The zero-order chi connectivity index (χ0) is 12.8. The van der Waals surface area contributed by atoms with Gasteiger partial charge in [-0.1, -0.05) is 33.8 Å². The van der Waals surface area contributed by atoms with E-state index in [1.807, 2.05) is 43.8 Å². The maximum absolute atomic E-state index is 11.6. The SMILES string of the molecule is CCC(C)Sc1cccc(NC(=O)C(C)C)c1.[HH]. The highest BCUT2D eigenvalue weighted by atomic mass is 32.2. The monoisotopic (exact) mass is 253 g/mol. The van der Waals surface area contributed by atoms with E-state index in [9.17, 15) is 4.79 Å². The Kier molecular flexibility index (Phi) is 5.56. The van der Waals surface area contributed by atoms with Crippen LogP contribution in [0.15, 0.2) is 29.2 Å². The molecule has 0 aliphatic carbocycles. The van der Waals surface area contributed by atoms with Gasteiger partial charge in [-0.3, -0.25) is 4.79 Å². The fourth-order valence-corrected chi connectivity index (χ4v) is 2.23. The van der Waals surface area contributed by atoms with Crippen LogP contribution in [0, 0.1) is 5.92 Å². The van der Waals surface area contributed by atoms with Gasteiger partial charge in [0.1, 0.15) is 0 Å². The second kappa shape index (κ2) is 6.70. The van der Waals surface area contributed by atoms with Crippen LogP contribution in [0.25, 0.3) is 0 Å². The van der Waals surface area contributed by atoms with E-state index < -0.39 is 0 Å². The van der Waals surface area contributed by atoms with Gasteiger partial charge >= 0.3 is 0 Å². The van der Waals surface area contributed by atoms with Crippen molar-refractivity contribution in [2.45, 2.75) is 44.3 Å². The van der Waals surface area contributed by atoms with Gasteiger partial charge in [0.25, 0.3) is 0 Å². The first-order valence-corrected chi connectivity index (χ1v) is 6.98. The lowest BCUT2D eigenvalue weighted by atomic mass is 10.2. The molecular formula is C14H23NOS. The highest BCUT2D eigenvalue weighted by Crippen LogP contribution is 2.27. The number of hydrogen-bond donors (Lipinski definition) is 1. The van der Waals surface area contributed by atoms with Gasteiger partial charge in [0.05, 0.1) is 0 Å². The summed E-state index contributed by atoms with van der Waals surface area (Å²) in [6, 6.07) is 8.04. The van der Waals surface area contributed by atoms with E-state index >= 15 is 0 Å². The van der Waals surface area contributed by atoms with E-state index in [2.05, 4.69) is 25.2 Å². The third kappa shape index (κ3) is 4.82. The molecule has 1 rings (SSSR count). The summed E-state index contributed by atoms with van der Waals surface area (Å²) in [5.41, 5.74) is 0.886. The molecule has 1 aromatic rings. The predicted octanol–water partition coefficient (Wildman–Crippen LogP) is 4.42. The lowest BCUT2D eigenvalue weighted by Gasteiger charge is -2.11. The van der Waals surface area contributed by atoms with Crippen LogP contribution < -0.4 is 5.32 Å². The number of hydrogen-bond acceptors (Lipinski definition) is 2. The summed E-state index contributed by atoms with van der Waals surface area (Å²) in [6.45, 7) is 8.19. The molecule has 0 bridgehead atoms. The fraction of sp³-hybridized carbons (Fsp3) is 0.500. The van der Waals surface area contributed by atoms with Crippen LogP contribution >= 0.6 is 11.8 Å². The third-order valence-corrected chi connectivity index (χ3v) is 3.80. The molecule has 0 aliphatic rings. The van der Waals surface area contributed by atoms with Gasteiger partial charge in [-0.15, -0.1) is 11.8 Å². The van der Waals surface area contributed by atoms with Crippen molar-refractivity contribution in [3.05, 3.63) is 24.3 Å². The van der Waals surface area contributed by atoms with E-state index in [4.69, 9.17) is 0 Å². The molecule has 96 valence electrons. The number of carbonyl (C=O) groups excluding carboxylic acids is 1. The third-order valence-electron chi connectivity index (χ3n) is 2.54. The lowest BCUT2D eigenvalue weighted by molar-refractivity contribution is -0.118. The summed E-state index contributed by atoms with van der Waals surface area (Å²) in [5, 5.41) is 3.52. The molecule has 1 atom stereocenters. The van der Waals surface area contributed by atoms with E-state index in [0.29, 0.717) is 5.25 Å². The second-order valence-electron chi connectivity index (χ2n) is 4.51. The van der Waals surface area contributed by atoms with Crippen molar-refractivity contribution < 1.29 is 6.22 Å². The molecule has 17 heavy (non-hydrogen) atoms. The molecule has 1 N–H and O–H groups in total. The smallest absolute Gasteiger partial charge is 0.226 e. The summed E-state index contributed by atoms with van der Waals surface area (Å²) in [7, 11) is 0. The van der Waals surface area contributed by atoms with Crippen LogP contribution in [-0.2, 0) is 4.79 Å². The fourth-order valence-electron chi connectivity index (χ4n) is 1.25. The number of rotatable bonds is 5. The Labute approximate surface area is 110 Å². The van der Waals surface area contributed by atoms with Crippen molar-refractivity contribution in [2.75, 3.05) is 5.32 Å². The summed E-state index contributed by atoms with van der Waals surface area (Å²) in [4.78, 5) is 12.8. The molecule has 1 unspecified atom stereocenters. The number of carbonyl (C=O) groups is 1. The van der Waals surface area contributed by atoms with Gasteiger partial charge < -0.3 is 5.32 Å². The first kappa shape index (κ1) is 14.1. The van der Waals surface area contributed by atoms with Crippen LogP contribution in [0.2, 0.25) is 0 Å². The Morgan fingerprint density at radius 2 is 2.12 bits per heavy atom. The van der Waals surface area contributed by atoms with E-state index in [1.54, 1.807) is 0 Å². The molecular weight excluding hydrogens is 230 g/mol. The van der Waals surface area contributed by atoms with Gasteiger partial charge in [-0.25, -0.2) is 0 Å². The topological polar surface area (TPSA) is 29.1 Å². The summed E-state index contributed by atoms with van der Waals surface area (Å²) >= 11 is 1.84. The molecule has 0 aliphatic heterocycles. The van der Waals surface area contributed by atoms with Crippen LogP contribution in [0.4, 0.5) is 5.69 Å². The number of thioether (sulfide) groups is 1. The first-order valence-electron chi connectivity index (χ1n) is 6.10. The van der Waals surface area contributed by atoms with Gasteiger partial charge in [-0.05, 0) is 24.6 Å². The first-order chi connectivity index (χ1) is 8.02. The molecule has 0 saturated heterocycles. The normalized spacial score (nSPS) is 12.5. The number of benzene rings is 1. The largest absolute Gasteiger partial charge is 0.326 e. The summed E-state index contributed by atoms with van der Waals surface area (Å²) in [6.07, 6.45) is 1.15. The predicted molar refractivity (Wildman–Crippen MR) is 77.6 cm³/mol. The molecule has 3 heteroatoms. The Balaban J connectivity index is 0.00000289. The van der Waals surface area contributed by atoms with Crippen molar-refractivity contribution in [2.24, 2.45) is 5.92 Å². The number of amides is 1. The highest BCUT2D eigenvalue weighted by molar-refractivity contribution is 7.99. The second-order valence-corrected chi connectivity index (χ2v) is 6.02. The number of nitrogens with one attached hydrogen (secondary N) is 1. The van der Waals surface area contributed by atoms with Gasteiger partial charge in [0, 0.05) is 23.2 Å². The van der Waals surface area contributed by atoms with Gasteiger partial charge in [-0.2, -0.15) is 0 Å². The zero-order valence-electron chi connectivity index (χ0n) is 11.0. The minimum atomic E-state index is 0. The van der Waals surface area contributed by atoms with Gasteiger partial charge in [0.15, 0.2) is 0 Å². The maximum atomic E-state index is 11.6. The van der Waals surface area contributed by atoms with Crippen molar-refractivity contribution in [3.63, 3.8) is 0 Å². The Hall–Kier alpha value is -0.960. The maximum Gasteiger partial charge on any atom is 0.226 e. The molecule has 0 radical (unpaired) electrons. The van der Waals surface area contributed by atoms with Crippen molar-refractivity contribution in [1.29, 1.82) is 0 Å². The highest BCUT2D eigenvalue weighted by Gasteiger charge is 2.08. The minimum absolute atomic E-state index is 0. The van der Waals surface area contributed by atoms with E-state index in [1.165, 1.54) is 4.90 Å². The van der Waals surface area contributed by atoms with Crippen LogP contribution in [0.5, 0.6) is 0 Å². The van der Waals surface area contributed by atoms with E-state index in [0.717, 1.165) is 12.1 Å². The molecule has 0 aromatic heterocycles. The standard InChI is InChI=1S/C14H21NOS.H2/c1-5-11(4)17-13-8-6-7-12(9-13)15-14(16)10(2)3;/h6-11H,5H2,1-4H3,(H,15,16);1H. The van der Waals surface area contributed by atoms with Crippen LogP contribution in [0.1, 0.15) is 35.5 Å². The van der Waals surface area contributed by atoms with Crippen LogP contribution in [0.3, 0.4) is 0 Å². The molecule has 2 nitrogen and oxygen atoms in total. The van der Waals surface area contributed by atoms with Crippen molar-refractivity contribution in [3.8, 4) is 0 Å². The molecule has 0 heterocycles. The van der Waals surface area contributed by atoms with Crippen molar-refractivity contribution in [1.82, 2.24) is 0 Å². The molecule has 1 amide bonds. The van der Waals surface area contributed by atoms with Crippen molar-refractivity contribution >= 4 is 23.4 Å². The Bertz CT molecular complexity index is 382. The Morgan fingerprint density at radius 1 is 1.41 bits per heavy atom. The molecule has 0 fully saturated rings. The zero-order valence-corrected chi connectivity index (χ0v) is 11.8. The molecule has 1 aromatic carbocycles. The van der Waals surface area contributed by atoms with Crippen LogP contribution in [-0.4, -0.2) is 11.2 Å². The minimum Gasteiger partial charge on any atom is -0.326 e. The summed E-state index contributed by atoms with van der Waals surface area (Å²) < 4.78 is 0. The number of anilines is 1. The van der Waals surface area contributed by atoms with E-state index in [-0.39, 0.29) is 13.3 Å². The quantitative estimate of drug-likeness (QED) is 0.787. The summed E-state index contributed by atoms with van der Waals surface area (Å²) in [5.74, 6) is 0.0802. The average Bonchev–Trinajstić information content (AvgIpc) is 2.29. The molecule has 0 spiro atoms. The van der Waals surface area contributed by atoms with Gasteiger partial charge in [0.2, 0.25) is 5.91 Å².